The third kappa shape index (κ3) is 3.33. The van der Waals surface area contributed by atoms with Crippen LogP contribution in [0.1, 0.15) is 42.6 Å². The van der Waals surface area contributed by atoms with E-state index in [4.69, 9.17) is 4.74 Å². The van der Waals surface area contributed by atoms with Crippen molar-refractivity contribution in [3.8, 4) is 5.75 Å². The van der Waals surface area contributed by atoms with E-state index in [-0.39, 0.29) is 22.9 Å². The highest BCUT2D eigenvalue weighted by Gasteiger charge is 2.17. The maximum absolute atomic E-state index is 12.2. The summed E-state index contributed by atoms with van der Waals surface area (Å²) in [6.45, 7) is 4.58. The second-order valence-electron chi connectivity index (χ2n) is 4.82. The fraction of sp³-hybridized carbons (Fsp3) is 0.429. The van der Waals surface area contributed by atoms with E-state index in [9.17, 15) is 9.59 Å². The number of hydrogen-bond donors (Lipinski definition) is 2. The zero-order chi connectivity index (χ0) is 16.1. The average Bonchev–Trinajstić information content (AvgIpc) is 2.95. The van der Waals surface area contributed by atoms with Crippen LogP contribution < -0.4 is 15.5 Å². The summed E-state index contributed by atoms with van der Waals surface area (Å²) in [5.74, 6) is 0.441. The molecule has 2 aromatic heterocycles. The number of carbonyl (C=O) groups is 1. The van der Waals surface area contributed by atoms with Gasteiger partial charge in [0.25, 0.3) is 5.91 Å². The second kappa shape index (κ2) is 6.88. The minimum Gasteiger partial charge on any atom is -0.491 e. The molecule has 0 radical (unpaired) electrons. The number of aromatic amines is 1. The molecule has 2 rings (SSSR count). The summed E-state index contributed by atoms with van der Waals surface area (Å²) in [7, 11) is 1.40. The quantitative estimate of drug-likeness (QED) is 0.824. The third-order valence-electron chi connectivity index (χ3n) is 3.16. The molecule has 0 aliphatic heterocycles. The van der Waals surface area contributed by atoms with Crippen molar-refractivity contribution in [3.05, 3.63) is 40.3 Å². The van der Waals surface area contributed by atoms with Gasteiger partial charge in [0, 0.05) is 18.8 Å². The first-order valence-electron chi connectivity index (χ1n) is 7.02. The molecule has 0 spiro atoms. The van der Waals surface area contributed by atoms with E-state index in [0.717, 1.165) is 13.0 Å². The van der Waals surface area contributed by atoms with Crippen molar-refractivity contribution in [1.29, 1.82) is 0 Å². The normalized spacial score (nSPS) is 12.0. The lowest BCUT2D eigenvalue weighted by molar-refractivity contribution is 0.0932. The number of rotatable bonds is 6. The standard InChI is InChI=1S/C14H19N5O3/c1-4-5-19-13(16-8-17-19)9(2)18-14(21)10-6-11(20)12(22-3)7-15-10/h6-9H,4-5H2,1-3H3,(H,15,20)(H,18,21)/t9-/m0/s1. The Labute approximate surface area is 127 Å². The Bertz CT molecular complexity index is 706. The van der Waals surface area contributed by atoms with E-state index in [0.29, 0.717) is 5.82 Å². The molecule has 0 aliphatic rings. The van der Waals surface area contributed by atoms with Gasteiger partial charge in [-0.05, 0) is 13.3 Å². The topological polar surface area (TPSA) is 102 Å². The van der Waals surface area contributed by atoms with Crippen LogP contribution in [-0.4, -0.2) is 32.8 Å². The highest BCUT2D eigenvalue weighted by molar-refractivity contribution is 5.92. The minimum atomic E-state index is -0.390. The van der Waals surface area contributed by atoms with Crippen LogP contribution in [0.3, 0.4) is 0 Å². The van der Waals surface area contributed by atoms with Crippen LogP contribution in [0.25, 0.3) is 0 Å². The van der Waals surface area contributed by atoms with Crippen molar-refractivity contribution >= 4 is 5.91 Å². The number of methoxy groups -OCH3 is 1. The summed E-state index contributed by atoms with van der Waals surface area (Å²) in [6, 6.07) is 0.879. The zero-order valence-electron chi connectivity index (χ0n) is 12.8. The SMILES string of the molecule is CCCn1ncnc1[C@H](C)NC(=O)c1cc(=O)c(OC)c[nH]1. The molecule has 0 fully saturated rings. The van der Waals surface area contributed by atoms with Crippen molar-refractivity contribution < 1.29 is 9.53 Å². The Morgan fingerprint density at radius 2 is 2.32 bits per heavy atom. The molecule has 8 heteroatoms. The number of pyridine rings is 1. The molecule has 0 aliphatic carbocycles. The number of nitrogens with one attached hydrogen (secondary N) is 2. The molecule has 0 aromatic carbocycles. The average molecular weight is 305 g/mol. The Morgan fingerprint density at radius 1 is 1.55 bits per heavy atom. The maximum Gasteiger partial charge on any atom is 0.268 e. The molecule has 22 heavy (non-hydrogen) atoms. The van der Waals surface area contributed by atoms with Gasteiger partial charge in [-0.3, -0.25) is 9.59 Å². The molecular weight excluding hydrogens is 286 g/mol. The highest BCUT2D eigenvalue weighted by atomic mass is 16.5. The van der Waals surface area contributed by atoms with Crippen molar-refractivity contribution in [3.63, 3.8) is 0 Å². The minimum absolute atomic E-state index is 0.160. The molecule has 2 N–H and O–H groups in total. The third-order valence-corrected chi connectivity index (χ3v) is 3.16. The number of carbonyl (C=O) groups excluding carboxylic acids is 1. The molecule has 0 bridgehead atoms. The van der Waals surface area contributed by atoms with Gasteiger partial charge < -0.3 is 15.0 Å². The fourth-order valence-corrected chi connectivity index (χ4v) is 2.08. The Hall–Kier alpha value is -2.64. The summed E-state index contributed by atoms with van der Waals surface area (Å²) in [4.78, 5) is 30.8. The molecule has 0 unspecified atom stereocenters. The van der Waals surface area contributed by atoms with E-state index in [2.05, 4.69) is 20.4 Å². The van der Waals surface area contributed by atoms with Gasteiger partial charge in [-0.2, -0.15) is 5.10 Å². The smallest absolute Gasteiger partial charge is 0.268 e. The molecule has 8 nitrogen and oxygen atoms in total. The van der Waals surface area contributed by atoms with Crippen LogP contribution in [0.15, 0.2) is 23.4 Å². The summed E-state index contributed by atoms with van der Waals surface area (Å²) >= 11 is 0. The van der Waals surface area contributed by atoms with Gasteiger partial charge in [0.1, 0.15) is 17.8 Å². The van der Waals surface area contributed by atoms with Crippen molar-refractivity contribution in [2.75, 3.05) is 7.11 Å². The lowest BCUT2D eigenvalue weighted by atomic mass is 10.2. The fourth-order valence-electron chi connectivity index (χ4n) is 2.08. The van der Waals surface area contributed by atoms with Gasteiger partial charge in [-0.1, -0.05) is 6.92 Å². The summed E-state index contributed by atoms with van der Waals surface area (Å²) in [5.41, 5.74) is -0.188. The summed E-state index contributed by atoms with van der Waals surface area (Å²) in [5, 5.41) is 6.91. The first kappa shape index (κ1) is 15.7. The second-order valence-corrected chi connectivity index (χ2v) is 4.82. The van der Waals surface area contributed by atoms with Gasteiger partial charge in [0.15, 0.2) is 5.75 Å². The Kier molecular flexibility index (Phi) is 4.92. The van der Waals surface area contributed by atoms with Crippen molar-refractivity contribution in [2.45, 2.75) is 32.9 Å². The number of aromatic nitrogens is 4. The van der Waals surface area contributed by atoms with Gasteiger partial charge in [-0.25, -0.2) is 9.67 Å². The van der Waals surface area contributed by atoms with Crippen LogP contribution >= 0.6 is 0 Å². The molecule has 1 atom stereocenters. The van der Waals surface area contributed by atoms with Gasteiger partial charge in [-0.15, -0.1) is 0 Å². The van der Waals surface area contributed by atoms with Gasteiger partial charge >= 0.3 is 0 Å². The van der Waals surface area contributed by atoms with E-state index in [1.54, 1.807) is 4.68 Å². The molecule has 0 saturated heterocycles. The molecule has 2 heterocycles. The number of amides is 1. The predicted octanol–water partition coefficient (Wildman–Crippen LogP) is 0.876. The van der Waals surface area contributed by atoms with Gasteiger partial charge in [0.05, 0.1) is 13.2 Å². The Morgan fingerprint density at radius 3 is 2.95 bits per heavy atom. The van der Waals surface area contributed by atoms with Crippen molar-refractivity contribution in [1.82, 2.24) is 25.1 Å². The van der Waals surface area contributed by atoms with Gasteiger partial charge in [0.2, 0.25) is 5.43 Å². The van der Waals surface area contributed by atoms with Crippen LogP contribution in [0, 0.1) is 0 Å². The number of H-pyrrole nitrogens is 1. The monoisotopic (exact) mass is 305 g/mol. The van der Waals surface area contributed by atoms with E-state index in [1.807, 2.05) is 13.8 Å². The molecule has 2 aromatic rings. The van der Waals surface area contributed by atoms with Crippen LogP contribution in [0.2, 0.25) is 0 Å². The predicted molar refractivity (Wildman–Crippen MR) is 79.8 cm³/mol. The molecular formula is C14H19N5O3. The van der Waals surface area contributed by atoms with Crippen LogP contribution in [-0.2, 0) is 6.54 Å². The summed E-state index contributed by atoms with van der Waals surface area (Å²) < 4.78 is 6.62. The Balaban J connectivity index is 2.12. The number of hydrogen-bond acceptors (Lipinski definition) is 5. The summed E-state index contributed by atoms with van der Waals surface area (Å²) in [6.07, 6.45) is 3.74. The number of nitrogens with zero attached hydrogens (tertiary/aromatic N) is 3. The lowest BCUT2D eigenvalue weighted by Gasteiger charge is -2.14. The number of aryl methyl sites for hydroxylation is 1. The molecule has 118 valence electrons. The highest BCUT2D eigenvalue weighted by Crippen LogP contribution is 2.10. The van der Waals surface area contributed by atoms with Crippen LogP contribution in [0.4, 0.5) is 0 Å². The van der Waals surface area contributed by atoms with Crippen molar-refractivity contribution in [2.24, 2.45) is 0 Å². The van der Waals surface area contributed by atoms with Crippen LogP contribution in [0.5, 0.6) is 5.75 Å². The largest absolute Gasteiger partial charge is 0.491 e. The number of ether oxygens (including phenoxy) is 1. The van der Waals surface area contributed by atoms with E-state index >= 15 is 0 Å². The first-order chi connectivity index (χ1) is 10.6. The molecule has 0 saturated carbocycles. The van der Waals surface area contributed by atoms with E-state index in [1.165, 1.54) is 25.7 Å². The van der Waals surface area contributed by atoms with E-state index < -0.39 is 5.91 Å². The first-order valence-corrected chi connectivity index (χ1v) is 7.02. The maximum atomic E-state index is 12.2. The molecule has 1 amide bonds. The zero-order valence-corrected chi connectivity index (χ0v) is 12.8. The lowest BCUT2D eigenvalue weighted by Crippen LogP contribution is -2.30.